The lowest BCUT2D eigenvalue weighted by Gasteiger charge is -2.33. The van der Waals surface area contributed by atoms with E-state index in [2.05, 4.69) is 11.9 Å². The van der Waals surface area contributed by atoms with Crippen LogP contribution in [0.15, 0.2) is 15.5 Å². The Kier molecular flexibility index (Phi) is 5.86. The Bertz CT molecular complexity index is 938. The molecule has 0 radical (unpaired) electrons. The molecule has 0 unspecified atom stereocenters. The molecule has 0 N–H and O–H groups in total. The summed E-state index contributed by atoms with van der Waals surface area (Å²) in [5.74, 6) is 0.270. The van der Waals surface area contributed by atoms with Gasteiger partial charge in [-0.2, -0.15) is 0 Å². The third kappa shape index (κ3) is 3.68. The Morgan fingerprint density at radius 2 is 2.00 bits per heavy atom. The lowest BCUT2D eigenvalue weighted by molar-refractivity contribution is -0.135. The van der Waals surface area contributed by atoms with Crippen LogP contribution in [0.5, 0.6) is 0 Å². The van der Waals surface area contributed by atoms with Crippen molar-refractivity contribution in [3.63, 3.8) is 0 Å². The van der Waals surface area contributed by atoms with E-state index in [9.17, 15) is 14.4 Å². The number of unbranched alkanes of at least 4 members (excludes halogenated alkanes) is 1. The van der Waals surface area contributed by atoms with E-state index in [-0.39, 0.29) is 40.0 Å². The molecule has 3 rings (SSSR count). The SMILES string of the molecule is CCCCN(C)C(=O)C1CCN(C(=O)c2c(C)oc3ncn(C)c(=O)c23)CC1. The average Bonchev–Trinajstić information content (AvgIpc) is 3.04. The third-order valence-electron chi connectivity index (χ3n) is 5.52. The summed E-state index contributed by atoms with van der Waals surface area (Å²) < 4.78 is 6.88. The highest BCUT2D eigenvalue weighted by Crippen LogP contribution is 2.26. The van der Waals surface area contributed by atoms with Crippen LogP contribution < -0.4 is 5.56 Å². The van der Waals surface area contributed by atoms with Gasteiger partial charge in [0.15, 0.2) is 0 Å². The van der Waals surface area contributed by atoms with Crippen LogP contribution in [0.2, 0.25) is 0 Å². The molecule has 2 amide bonds. The molecule has 2 aromatic heterocycles. The van der Waals surface area contributed by atoms with E-state index < -0.39 is 0 Å². The fourth-order valence-electron chi connectivity index (χ4n) is 3.75. The molecule has 8 nitrogen and oxygen atoms in total. The Balaban J connectivity index is 1.74. The van der Waals surface area contributed by atoms with Crippen LogP contribution in [-0.4, -0.2) is 57.8 Å². The molecule has 1 fully saturated rings. The topological polar surface area (TPSA) is 88.7 Å². The molecule has 0 saturated carbocycles. The van der Waals surface area contributed by atoms with Crippen LogP contribution in [0, 0.1) is 12.8 Å². The predicted molar refractivity (Wildman–Crippen MR) is 105 cm³/mol. The molecule has 2 aromatic rings. The number of aryl methyl sites for hydroxylation is 2. The highest BCUT2D eigenvalue weighted by molar-refractivity contribution is 6.06. The van der Waals surface area contributed by atoms with Crippen molar-refractivity contribution in [3.8, 4) is 0 Å². The Labute approximate surface area is 164 Å². The summed E-state index contributed by atoms with van der Waals surface area (Å²) in [5, 5.41) is 0.227. The molecule has 1 saturated heterocycles. The molecular weight excluding hydrogens is 360 g/mol. The van der Waals surface area contributed by atoms with Gasteiger partial charge in [-0.1, -0.05) is 13.3 Å². The van der Waals surface area contributed by atoms with Gasteiger partial charge in [0.25, 0.3) is 11.5 Å². The molecule has 0 aliphatic carbocycles. The molecule has 152 valence electrons. The lowest BCUT2D eigenvalue weighted by atomic mass is 9.94. The van der Waals surface area contributed by atoms with Gasteiger partial charge >= 0.3 is 0 Å². The Morgan fingerprint density at radius 3 is 2.64 bits per heavy atom. The highest BCUT2D eigenvalue weighted by atomic mass is 16.3. The second kappa shape index (κ2) is 8.16. The van der Waals surface area contributed by atoms with Crippen molar-refractivity contribution < 1.29 is 14.0 Å². The number of likely N-dealkylation sites (tertiary alicyclic amines) is 1. The minimum atomic E-state index is -0.298. The zero-order chi connectivity index (χ0) is 20.4. The first-order chi connectivity index (χ1) is 13.3. The number of rotatable bonds is 5. The van der Waals surface area contributed by atoms with Crippen molar-refractivity contribution in [2.75, 3.05) is 26.7 Å². The van der Waals surface area contributed by atoms with E-state index in [1.165, 1.54) is 10.9 Å². The van der Waals surface area contributed by atoms with Gasteiger partial charge in [-0.25, -0.2) is 4.98 Å². The summed E-state index contributed by atoms with van der Waals surface area (Å²) in [7, 11) is 3.44. The van der Waals surface area contributed by atoms with Gasteiger partial charge in [0, 0.05) is 39.6 Å². The maximum atomic E-state index is 13.1. The van der Waals surface area contributed by atoms with E-state index >= 15 is 0 Å². The smallest absolute Gasteiger partial charge is 0.265 e. The fraction of sp³-hybridized carbons (Fsp3) is 0.600. The molecular formula is C20H28N4O4. The standard InChI is InChI=1S/C20H28N4O4/c1-5-6-9-22(3)18(25)14-7-10-24(11-8-14)20(27)15-13(2)28-17-16(15)19(26)23(4)12-21-17/h12,14H,5-11H2,1-4H3. The predicted octanol–water partition coefficient (Wildman–Crippen LogP) is 1.95. The number of carbonyl (C=O) groups is 2. The molecule has 8 heteroatoms. The molecule has 3 heterocycles. The van der Waals surface area contributed by atoms with Crippen molar-refractivity contribution >= 4 is 22.9 Å². The van der Waals surface area contributed by atoms with E-state index in [0.717, 1.165) is 19.4 Å². The van der Waals surface area contributed by atoms with E-state index in [0.29, 0.717) is 31.7 Å². The lowest BCUT2D eigenvalue weighted by Crippen LogP contribution is -2.44. The first-order valence-electron chi connectivity index (χ1n) is 9.84. The number of hydrogen-bond acceptors (Lipinski definition) is 5. The summed E-state index contributed by atoms with van der Waals surface area (Å²) >= 11 is 0. The van der Waals surface area contributed by atoms with Crippen molar-refractivity contribution in [3.05, 3.63) is 28.0 Å². The Morgan fingerprint density at radius 1 is 1.32 bits per heavy atom. The second-order valence-corrected chi connectivity index (χ2v) is 7.55. The number of aromatic nitrogens is 2. The van der Waals surface area contributed by atoms with Crippen LogP contribution in [0.1, 0.15) is 48.7 Å². The largest absolute Gasteiger partial charge is 0.442 e. The maximum Gasteiger partial charge on any atom is 0.265 e. The summed E-state index contributed by atoms with van der Waals surface area (Å²) in [6.45, 7) is 5.53. The van der Waals surface area contributed by atoms with Gasteiger partial charge in [0.2, 0.25) is 11.6 Å². The minimum Gasteiger partial charge on any atom is -0.442 e. The Hall–Kier alpha value is -2.64. The van der Waals surface area contributed by atoms with Crippen LogP contribution >= 0.6 is 0 Å². The molecule has 1 aliphatic heterocycles. The van der Waals surface area contributed by atoms with E-state index in [4.69, 9.17) is 4.42 Å². The van der Waals surface area contributed by atoms with Crippen LogP contribution in [0.25, 0.3) is 11.1 Å². The van der Waals surface area contributed by atoms with Crippen molar-refractivity contribution in [1.29, 1.82) is 0 Å². The normalized spacial score (nSPS) is 15.2. The summed E-state index contributed by atoms with van der Waals surface area (Å²) in [5.41, 5.74) is 0.174. The van der Waals surface area contributed by atoms with Gasteiger partial charge in [-0.15, -0.1) is 0 Å². The minimum absolute atomic E-state index is 0.0531. The number of nitrogens with zero attached hydrogens (tertiary/aromatic N) is 4. The molecule has 0 aromatic carbocycles. The third-order valence-corrected chi connectivity index (χ3v) is 5.52. The average molecular weight is 388 g/mol. The van der Waals surface area contributed by atoms with Crippen molar-refractivity contribution in [1.82, 2.24) is 19.4 Å². The van der Waals surface area contributed by atoms with Gasteiger partial charge in [-0.05, 0) is 26.2 Å². The molecule has 28 heavy (non-hydrogen) atoms. The van der Waals surface area contributed by atoms with Crippen molar-refractivity contribution in [2.45, 2.75) is 39.5 Å². The maximum absolute atomic E-state index is 13.1. The number of furan rings is 1. The van der Waals surface area contributed by atoms with Gasteiger partial charge in [-0.3, -0.25) is 14.4 Å². The van der Waals surface area contributed by atoms with Crippen molar-refractivity contribution in [2.24, 2.45) is 13.0 Å². The second-order valence-electron chi connectivity index (χ2n) is 7.55. The first-order valence-corrected chi connectivity index (χ1v) is 9.84. The summed E-state index contributed by atoms with van der Waals surface area (Å²) in [4.78, 5) is 45.8. The van der Waals surface area contributed by atoms with E-state index in [1.54, 1.807) is 23.8 Å². The van der Waals surface area contributed by atoms with Gasteiger partial charge < -0.3 is 18.8 Å². The highest BCUT2D eigenvalue weighted by Gasteiger charge is 2.32. The summed E-state index contributed by atoms with van der Waals surface area (Å²) in [6, 6.07) is 0. The zero-order valence-corrected chi connectivity index (χ0v) is 17.0. The molecule has 0 bridgehead atoms. The quantitative estimate of drug-likeness (QED) is 0.781. The zero-order valence-electron chi connectivity index (χ0n) is 17.0. The molecule has 1 aliphatic rings. The number of carbonyl (C=O) groups excluding carboxylic acids is 2. The molecule has 0 atom stereocenters. The molecule has 0 spiro atoms. The van der Waals surface area contributed by atoms with Gasteiger partial charge in [0.1, 0.15) is 17.5 Å². The van der Waals surface area contributed by atoms with Crippen LogP contribution in [0.4, 0.5) is 0 Å². The number of piperidine rings is 1. The van der Waals surface area contributed by atoms with E-state index in [1.807, 2.05) is 7.05 Å². The first kappa shape index (κ1) is 20.1. The monoisotopic (exact) mass is 388 g/mol. The van der Waals surface area contributed by atoms with Crippen LogP contribution in [-0.2, 0) is 11.8 Å². The number of hydrogen-bond donors (Lipinski definition) is 0. The number of amides is 2. The number of fused-ring (bicyclic) bond motifs is 1. The van der Waals surface area contributed by atoms with Gasteiger partial charge in [0.05, 0.1) is 5.56 Å². The van der Waals surface area contributed by atoms with Crippen LogP contribution in [0.3, 0.4) is 0 Å². The summed E-state index contributed by atoms with van der Waals surface area (Å²) in [6.07, 6.45) is 4.69. The fourth-order valence-corrected chi connectivity index (χ4v) is 3.75.